The van der Waals surface area contributed by atoms with E-state index in [-0.39, 0.29) is 0 Å². The second-order valence-corrected chi connectivity index (χ2v) is 3.29. The van der Waals surface area contributed by atoms with Crippen LogP contribution < -0.4 is 0 Å². The zero-order chi connectivity index (χ0) is 15.2. The van der Waals surface area contributed by atoms with E-state index in [0.29, 0.717) is 13.2 Å². The van der Waals surface area contributed by atoms with Crippen LogP contribution in [-0.4, -0.2) is 58.8 Å². The Morgan fingerprint density at radius 3 is 1.32 bits per heavy atom. The first-order valence-electron chi connectivity index (χ1n) is 5.01. The standard InChI is InChI=1S/C5H4F6O2.C4H10O2/c6-4(7,8)3(5(9,10)11)12-1-2-13-3;1-5-3-4-6-2/h1-2H2;3-4H2,1-2H3. The molecule has 0 unspecified atom stereocenters. The SMILES string of the molecule is COCCOC.FC(F)(F)C1(C(F)(F)F)OCCO1. The van der Waals surface area contributed by atoms with Crippen LogP contribution in [0.1, 0.15) is 0 Å². The third kappa shape index (κ3) is 4.79. The summed E-state index contributed by atoms with van der Waals surface area (Å²) in [5, 5.41) is 0. The maximum Gasteiger partial charge on any atom is 0.453 e. The molecule has 1 rings (SSSR count). The van der Waals surface area contributed by atoms with Crippen LogP contribution in [0, 0.1) is 0 Å². The predicted octanol–water partition coefficient (Wildman–Crippen LogP) is 2.13. The van der Waals surface area contributed by atoms with E-state index in [9.17, 15) is 26.3 Å². The van der Waals surface area contributed by atoms with Gasteiger partial charge in [0.25, 0.3) is 0 Å². The largest absolute Gasteiger partial charge is 0.453 e. The Bertz CT molecular complexity index is 226. The first-order valence-corrected chi connectivity index (χ1v) is 5.01. The summed E-state index contributed by atoms with van der Waals surface area (Å²) in [4.78, 5) is 0. The fourth-order valence-corrected chi connectivity index (χ4v) is 1.07. The zero-order valence-corrected chi connectivity index (χ0v) is 10.2. The van der Waals surface area contributed by atoms with E-state index in [2.05, 4.69) is 18.9 Å². The quantitative estimate of drug-likeness (QED) is 0.591. The second kappa shape index (κ2) is 7.27. The average Bonchev–Trinajstić information content (AvgIpc) is 2.76. The Morgan fingerprint density at radius 1 is 0.842 bits per heavy atom. The lowest BCUT2D eigenvalue weighted by Crippen LogP contribution is -2.57. The third-order valence-electron chi connectivity index (χ3n) is 1.93. The van der Waals surface area contributed by atoms with Gasteiger partial charge in [-0.15, -0.1) is 0 Å². The molecule has 0 aromatic rings. The summed E-state index contributed by atoms with van der Waals surface area (Å²) >= 11 is 0. The Morgan fingerprint density at radius 2 is 1.16 bits per heavy atom. The summed E-state index contributed by atoms with van der Waals surface area (Å²) in [6.07, 6.45) is -11.2. The number of alkyl halides is 6. The molecule has 0 bridgehead atoms. The van der Waals surface area contributed by atoms with Gasteiger partial charge < -0.3 is 18.9 Å². The summed E-state index contributed by atoms with van der Waals surface area (Å²) in [6.45, 7) is -0.0644. The zero-order valence-electron chi connectivity index (χ0n) is 10.2. The van der Waals surface area contributed by atoms with E-state index >= 15 is 0 Å². The number of halogens is 6. The van der Waals surface area contributed by atoms with Gasteiger partial charge in [-0.2, -0.15) is 26.3 Å². The number of hydrogen-bond acceptors (Lipinski definition) is 4. The molecule has 0 aromatic carbocycles. The maximum absolute atomic E-state index is 11.9. The minimum atomic E-state index is -5.61. The molecule has 10 heteroatoms. The number of hydrogen-bond donors (Lipinski definition) is 0. The van der Waals surface area contributed by atoms with Crippen molar-refractivity contribution in [2.75, 3.05) is 40.6 Å². The molecule has 1 fully saturated rings. The number of ether oxygens (including phenoxy) is 4. The molecule has 0 radical (unpaired) electrons. The molecule has 1 heterocycles. The minimum absolute atomic E-state index is 0.691. The van der Waals surface area contributed by atoms with Crippen LogP contribution in [0.25, 0.3) is 0 Å². The van der Waals surface area contributed by atoms with Gasteiger partial charge in [0.1, 0.15) is 0 Å². The van der Waals surface area contributed by atoms with E-state index < -0.39 is 31.4 Å². The molecular weight excluding hydrogens is 286 g/mol. The van der Waals surface area contributed by atoms with Gasteiger partial charge in [0, 0.05) is 14.2 Å². The van der Waals surface area contributed by atoms with Crippen molar-refractivity contribution >= 4 is 0 Å². The van der Waals surface area contributed by atoms with Gasteiger partial charge in [-0.25, -0.2) is 0 Å². The molecule has 0 N–H and O–H groups in total. The van der Waals surface area contributed by atoms with Gasteiger partial charge in [0.05, 0.1) is 26.4 Å². The van der Waals surface area contributed by atoms with Gasteiger partial charge in [0.2, 0.25) is 0 Å². The first-order chi connectivity index (χ1) is 8.62. The highest BCUT2D eigenvalue weighted by molar-refractivity contribution is 4.89. The lowest BCUT2D eigenvalue weighted by molar-refractivity contribution is -0.439. The van der Waals surface area contributed by atoms with E-state index in [0.717, 1.165) is 0 Å². The molecule has 0 spiro atoms. The lowest BCUT2D eigenvalue weighted by atomic mass is 10.2. The highest BCUT2D eigenvalue weighted by atomic mass is 19.4. The first kappa shape index (κ1) is 18.4. The van der Waals surface area contributed by atoms with Crippen LogP contribution >= 0.6 is 0 Å². The van der Waals surface area contributed by atoms with Crippen molar-refractivity contribution in [3.63, 3.8) is 0 Å². The average molecular weight is 300 g/mol. The molecule has 1 aliphatic heterocycles. The third-order valence-corrected chi connectivity index (χ3v) is 1.93. The highest BCUT2D eigenvalue weighted by Gasteiger charge is 2.76. The summed E-state index contributed by atoms with van der Waals surface area (Å²) in [5.41, 5.74) is 0. The Labute approximate surface area is 105 Å². The van der Waals surface area contributed by atoms with Crippen molar-refractivity contribution in [3.05, 3.63) is 0 Å². The fraction of sp³-hybridized carbons (Fsp3) is 1.00. The van der Waals surface area contributed by atoms with Crippen molar-refractivity contribution in [2.45, 2.75) is 18.1 Å². The maximum atomic E-state index is 11.9. The van der Waals surface area contributed by atoms with Gasteiger partial charge in [-0.1, -0.05) is 0 Å². The van der Waals surface area contributed by atoms with Gasteiger partial charge in [0.15, 0.2) is 0 Å². The minimum Gasteiger partial charge on any atom is -0.382 e. The summed E-state index contributed by atoms with van der Waals surface area (Å²) in [5.74, 6) is -4.43. The molecule has 0 atom stereocenters. The predicted molar refractivity (Wildman–Crippen MR) is 50.5 cm³/mol. The Kier molecular flexibility index (Phi) is 7.05. The van der Waals surface area contributed by atoms with Crippen molar-refractivity contribution < 1.29 is 45.3 Å². The molecule has 0 aliphatic carbocycles. The van der Waals surface area contributed by atoms with Crippen molar-refractivity contribution in [2.24, 2.45) is 0 Å². The topological polar surface area (TPSA) is 36.9 Å². The summed E-state index contributed by atoms with van der Waals surface area (Å²) in [7, 11) is 3.30. The molecule has 19 heavy (non-hydrogen) atoms. The van der Waals surface area contributed by atoms with Crippen LogP contribution in [0.5, 0.6) is 0 Å². The highest BCUT2D eigenvalue weighted by Crippen LogP contribution is 2.48. The molecule has 1 aliphatic rings. The van der Waals surface area contributed by atoms with Gasteiger partial charge >= 0.3 is 18.1 Å². The molecular formula is C9H14F6O4. The fourth-order valence-electron chi connectivity index (χ4n) is 1.07. The van der Waals surface area contributed by atoms with Crippen LogP contribution in [0.2, 0.25) is 0 Å². The Balaban J connectivity index is 0.000000459. The van der Waals surface area contributed by atoms with Crippen molar-refractivity contribution in [3.8, 4) is 0 Å². The van der Waals surface area contributed by atoms with Crippen LogP contribution in [0.4, 0.5) is 26.3 Å². The van der Waals surface area contributed by atoms with Crippen LogP contribution in [0.3, 0.4) is 0 Å². The van der Waals surface area contributed by atoms with E-state index in [4.69, 9.17) is 0 Å². The van der Waals surface area contributed by atoms with Crippen LogP contribution in [0.15, 0.2) is 0 Å². The Hall–Kier alpha value is -0.580. The molecule has 1 saturated heterocycles. The molecule has 0 amide bonds. The monoisotopic (exact) mass is 300 g/mol. The van der Waals surface area contributed by atoms with E-state index in [1.165, 1.54) is 0 Å². The van der Waals surface area contributed by atoms with Gasteiger partial charge in [-0.05, 0) is 0 Å². The summed E-state index contributed by atoms with van der Waals surface area (Å²) in [6, 6.07) is 0. The number of methoxy groups -OCH3 is 2. The summed E-state index contributed by atoms with van der Waals surface area (Å²) < 4.78 is 88.2. The van der Waals surface area contributed by atoms with E-state index in [1.807, 2.05) is 0 Å². The number of rotatable bonds is 3. The van der Waals surface area contributed by atoms with E-state index in [1.54, 1.807) is 14.2 Å². The molecule has 116 valence electrons. The lowest BCUT2D eigenvalue weighted by Gasteiger charge is -2.30. The van der Waals surface area contributed by atoms with Crippen molar-refractivity contribution in [1.29, 1.82) is 0 Å². The normalized spacial score (nSPS) is 18.9. The van der Waals surface area contributed by atoms with Gasteiger partial charge in [-0.3, -0.25) is 0 Å². The molecule has 0 saturated carbocycles. The molecule has 0 aromatic heterocycles. The van der Waals surface area contributed by atoms with Crippen LogP contribution in [-0.2, 0) is 18.9 Å². The smallest absolute Gasteiger partial charge is 0.382 e. The van der Waals surface area contributed by atoms with Crippen molar-refractivity contribution in [1.82, 2.24) is 0 Å². The second-order valence-electron chi connectivity index (χ2n) is 3.29. The molecule has 4 nitrogen and oxygen atoms in total.